The molecule has 2 aromatic carbocycles. The van der Waals surface area contributed by atoms with Crippen LogP contribution >= 0.6 is 0 Å². The van der Waals surface area contributed by atoms with Crippen molar-refractivity contribution in [3.8, 4) is 5.75 Å². The zero-order valence-electron chi connectivity index (χ0n) is 17.5. The summed E-state index contributed by atoms with van der Waals surface area (Å²) in [6.45, 7) is 6.80. The van der Waals surface area contributed by atoms with E-state index in [0.29, 0.717) is 12.4 Å². The smallest absolute Gasteiger partial charge is 0.336 e. The maximum atomic E-state index is 11.9. The van der Waals surface area contributed by atoms with Crippen LogP contribution in [0.3, 0.4) is 0 Å². The molecule has 0 N–H and O–H groups in total. The summed E-state index contributed by atoms with van der Waals surface area (Å²) < 4.78 is 10.3. The van der Waals surface area contributed by atoms with Gasteiger partial charge in [0.05, 0.1) is 6.61 Å². The Kier molecular flexibility index (Phi) is 8.66. The van der Waals surface area contributed by atoms with Crippen LogP contribution in [0.25, 0.3) is 0 Å². The maximum absolute atomic E-state index is 11.9. The molecular formula is C25H30O4. The van der Waals surface area contributed by atoms with Gasteiger partial charge in [0.25, 0.3) is 0 Å². The second-order valence-electron chi connectivity index (χ2n) is 7.50. The Balaban J connectivity index is 1.86. The van der Waals surface area contributed by atoms with Crippen molar-refractivity contribution in [1.82, 2.24) is 0 Å². The van der Waals surface area contributed by atoms with Crippen molar-refractivity contribution in [2.24, 2.45) is 0 Å². The summed E-state index contributed by atoms with van der Waals surface area (Å²) in [6, 6.07) is 17.7. The predicted octanol–water partition coefficient (Wildman–Crippen LogP) is 5.60. The van der Waals surface area contributed by atoms with Gasteiger partial charge in [-0.2, -0.15) is 0 Å². The molecule has 0 amide bonds. The monoisotopic (exact) mass is 394 g/mol. The molecule has 0 atom stereocenters. The Morgan fingerprint density at radius 3 is 2.10 bits per heavy atom. The number of hydrogen-bond donors (Lipinski definition) is 0. The minimum atomic E-state index is -0.608. The lowest BCUT2D eigenvalue weighted by Crippen LogP contribution is -2.18. The zero-order valence-corrected chi connectivity index (χ0v) is 17.5. The molecule has 0 saturated carbocycles. The SMILES string of the molecule is CCCCCCOC(=O)/C=C/C(=O)Oc1ccc(C(C)(C)c2ccccc2)cc1. The van der Waals surface area contributed by atoms with Crippen LogP contribution in [0.1, 0.15) is 57.6 Å². The van der Waals surface area contributed by atoms with Gasteiger partial charge in [-0.3, -0.25) is 0 Å². The maximum Gasteiger partial charge on any atom is 0.336 e. The Labute approximate surface area is 173 Å². The highest BCUT2D eigenvalue weighted by atomic mass is 16.5. The van der Waals surface area contributed by atoms with Crippen LogP contribution in [0, 0.1) is 0 Å². The Morgan fingerprint density at radius 2 is 1.45 bits per heavy atom. The summed E-state index contributed by atoms with van der Waals surface area (Å²) in [5.74, 6) is -0.707. The molecule has 0 aromatic heterocycles. The van der Waals surface area contributed by atoms with Crippen LogP contribution < -0.4 is 4.74 Å². The van der Waals surface area contributed by atoms with Crippen LogP contribution in [0.5, 0.6) is 5.75 Å². The van der Waals surface area contributed by atoms with Gasteiger partial charge in [-0.25, -0.2) is 9.59 Å². The molecule has 0 aliphatic carbocycles. The molecular weight excluding hydrogens is 364 g/mol. The molecule has 0 aliphatic heterocycles. The standard InChI is InChI=1S/C25H30O4/c1-4-5-6-10-19-28-23(26)17-18-24(27)29-22-15-13-21(14-16-22)25(2,3)20-11-8-7-9-12-20/h7-9,11-18H,4-6,10,19H2,1-3H3/b18-17+. The average molecular weight is 395 g/mol. The van der Waals surface area contributed by atoms with Gasteiger partial charge in [-0.15, -0.1) is 0 Å². The number of rotatable bonds is 10. The summed E-state index contributed by atoms with van der Waals surface area (Å²) in [5, 5.41) is 0. The lowest BCUT2D eigenvalue weighted by molar-refractivity contribution is -0.138. The quantitative estimate of drug-likeness (QED) is 0.228. The van der Waals surface area contributed by atoms with Crippen LogP contribution in [-0.2, 0) is 19.7 Å². The first-order chi connectivity index (χ1) is 13.9. The van der Waals surface area contributed by atoms with Gasteiger partial charge in [0.15, 0.2) is 0 Å². The predicted molar refractivity (Wildman–Crippen MR) is 115 cm³/mol. The molecule has 0 fully saturated rings. The molecule has 29 heavy (non-hydrogen) atoms. The minimum absolute atomic E-state index is 0.162. The van der Waals surface area contributed by atoms with Gasteiger partial charge in [-0.1, -0.05) is 82.5 Å². The number of carbonyl (C=O) groups is 2. The first-order valence-electron chi connectivity index (χ1n) is 10.2. The van der Waals surface area contributed by atoms with Crippen molar-refractivity contribution in [1.29, 1.82) is 0 Å². The van der Waals surface area contributed by atoms with E-state index in [0.717, 1.165) is 43.4 Å². The normalized spacial score (nSPS) is 11.4. The molecule has 2 aromatic rings. The lowest BCUT2D eigenvalue weighted by atomic mass is 9.78. The molecule has 4 heteroatoms. The van der Waals surface area contributed by atoms with E-state index in [-0.39, 0.29) is 5.41 Å². The summed E-state index contributed by atoms with van der Waals surface area (Å²) in [6.07, 6.45) is 6.33. The molecule has 0 saturated heterocycles. The fourth-order valence-corrected chi connectivity index (χ4v) is 3.00. The number of benzene rings is 2. The van der Waals surface area contributed by atoms with Gasteiger partial charge >= 0.3 is 11.9 Å². The first-order valence-corrected chi connectivity index (χ1v) is 10.2. The highest BCUT2D eigenvalue weighted by Gasteiger charge is 2.22. The van der Waals surface area contributed by atoms with Crippen LogP contribution in [-0.4, -0.2) is 18.5 Å². The van der Waals surface area contributed by atoms with Gasteiger partial charge in [-0.05, 0) is 29.7 Å². The zero-order chi connectivity index (χ0) is 21.1. The summed E-state index contributed by atoms with van der Waals surface area (Å²) in [7, 11) is 0. The highest BCUT2D eigenvalue weighted by Crippen LogP contribution is 2.32. The van der Waals surface area contributed by atoms with E-state index in [1.165, 1.54) is 5.56 Å². The largest absolute Gasteiger partial charge is 0.463 e. The molecule has 0 heterocycles. The van der Waals surface area contributed by atoms with Gasteiger partial charge in [0.2, 0.25) is 0 Å². The van der Waals surface area contributed by atoms with E-state index in [2.05, 4.69) is 32.9 Å². The van der Waals surface area contributed by atoms with Gasteiger partial charge < -0.3 is 9.47 Å². The third-order valence-corrected chi connectivity index (χ3v) is 4.89. The molecule has 2 rings (SSSR count). The number of esters is 2. The van der Waals surface area contributed by atoms with Crippen molar-refractivity contribution in [2.45, 2.75) is 51.9 Å². The molecule has 0 bridgehead atoms. The van der Waals surface area contributed by atoms with Crippen molar-refractivity contribution in [3.05, 3.63) is 77.9 Å². The van der Waals surface area contributed by atoms with Gasteiger partial charge in [0.1, 0.15) is 5.75 Å². The topological polar surface area (TPSA) is 52.6 Å². The summed E-state index contributed by atoms with van der Waals surface area (Å²) in [5.41, 5.74) is 2.16. The summed E-state index contributed by atoms with van der Waals surface area (Å²) in [4.78, 5) is 23.5. The molecule has 0 aliphatic rings. The fraction of sp³-hybridized carbons (Fsp3) is 0.360. The highest BCUT2D eigenvalue weighted by molar-refractivity contribution is 5.92. The van der Waals surface area contributed by atoms with Gasteiger partial charge in [0, 0.05) is 17.6 Å². The lowest BCUT2D eigenvalue weighted by Gasteiger charge is -2.26. The number of carbonyl (C=O) groups excluding carboxylic acids is 2. The van der Waals surface area contributed by atoms with Crippen LogP contribution in [0.2, 0.25) is 0 Å². The molecule has 154 valence electrons. The Morgan fingerprint density at radius 1 is 0.828 bits per heavy atom. The van der Waals surface area contributed by atoms with E-state index in [9.17, 15) is 9.59 Å². The number of ether oxygens (including phenoxy) is 2. The third kappa shape index (κ3) is 7.22. The fourth-order valence-electron chi connectivity index (χ4n) is 3.00. The van der Waals surface area contributed by atoms with E-state index in [1.54, 1.807) is 12.1 Å². The van der Waals surface area contributed by atoms with E-state index < -0.39 is 11.9 Å². The Hall–Kier alpha value is -2.88. The summed E-state index contributed by atoms with van der Waals surface area (Å²) >= 11 is 0. The van der Waals surface area contributed by atoms with Crippen molar-refractivity contribution in [2.75, 3.05) is 6.61 Å². The Bertz CT molecular complexity index is 804. The molecule has 0 radical (unpaired) electrons. The second-order valence-corrected chi connectivity index (χ2v) is 7.50. The number of hydrogen-bond acceptors (Lipinski definition) is 4. The first kappa shape index (κ1) is 22.4. The van der Waals surface area contributed by atoms with E-state index in [4.69, 9.17) is 9.47 Å². The van der Waals surface area contributed by atoms with Crippen molar-refractivity contribution < 1.29 is 19.1 Å². The average Bonchev–Trinajstić information content (AvgIpc) is 2.73. The molecule has 0 unspecified atom stereocenters. The molecule has 4 nitrogen and oxygen atoms in total. The third-order valence-electron chi connectivity index (χ3n) is 4.89. The van der Waals surface area contributed by atoms with E-state index >= 15 is 0 Å². The van der Waals surface area contributed by atoms with Crippen molar-refractivity contribution >= 4 is 11.9 Å². The van der Waals surface area contributed by atoms with Crippen LogP contribution in [0.15, 0.2) is 66.7 Å². The minimum Gasteiger partial charge on any atom is -0.463 e. The van der Waals surface area contributed by atoms with Crippen molar-refractivity contribution in [3.63, 3.8) is 0 Å². The number of unbranched alkanes of at least 4 members (excludes halogenated alkanes) is 3. The van der Waals surface area contributed by atoms with Crippen LogP contribution in [0.4, 0.5) is 0 Å². The van der Waals surface area contributed by atoms with E-state index in [1.807, 2.05) is 30.3 Å². The molecule has 0 spiro atoms. The second kappa shape index (κ2) is 11.2.